The zero-order valence-electron chi connectivity index (χ0n) is 60.8. The second-order valence-corrected chi connectivity index (χ2v) is 30.6. The molecule has 15 aromatic rings. The predicted molar refractivity (Wildman–Crippen MR) is 424 cm³/mol. The average Bonchev–Trinajstić information content (AvgIpc) is 1.52. The maximum atomic E-state index is 11.8. The minimum atomic E-state index is -0.180. The second kappa shape index (κ2) is 25.9. The summed E-state index contributed by atoms with van der Waals surface area (Å²) >= 11 is 0. The van der Waals surface area contributed by atoms with Gasteiger partial charge in [0, 0.05) is 26.6 Å². The fraction of sp³-hybridized carbons (Fsp3) is 0.188. The first-order valence-corrected chi connectivity index (χ1v) is 35.6. The van der Waals surface area contributed by atoms with Crippen LogP contribution in [0.4, 0.5) is 0 Å². The van der Waals surface area contributed by atoms with Crippen LogP contribution < -0.4 is 0 Å². The van der Waals surface area contributed by atoms with Crippen molar-refractivity contribution in [2.75, 3.05) is 0 Å². The second-order valence-electron chi connectivity index (χ2n) is 30.6. The van der Waals surface area contributed by atoms with E-state index in [0.29, 0.717) is 11.5 Å². The molecule has 5 nitrogen and oxygen atoms in total. The summed E-state index contributed by atoms with van der Waals surface area (Å²) < 4.78 is 9.72. The third-order valence-electron chi connectivity index (χ3n) is 21.2. The van der Waals surface area contributed by atoms with Gasteiger partial charge in [-0.2, -0.15) is 0 Å². The van der Waals surface area contributed by atoms with Gasteiger partial charge in [-0.25, -0.2) is 9.97 Å². The van der Waals surface area contributed by atoms with E-state index in [1.54, 1.807) is 6.07 Å². The number of furan rings is 1. The Balaban J connectivity index is 0.00000841. The summed E-state index contributed by atoms with van der Waals surface area (Å²) in [6, 6.07) is 87.0. The van der Waals surface area contributed by atoms with Crippen molar-refractivity contribution in [1.82, 2.24) is 14.5 Å². The molecule has 0 unspecified atom stereocenters. The van der Waals surface area contributed by atoms with E-state index >= 15 is 0 Å². The van der Waals surface area contributed by atoms with Crippen LogP contribution in [0, 0.1) is 61.5 Å². The predicted octanol–water partition coefficient (Wildman–Crippen LogP) is 25.7. The molecule has 3 aromatic heterocycles. The Morgan fingerprint density at radius 2 is 0.980 bits per heavy atom. The number of aryl methyl sites for hydroxylation is 10. The van der Waals surface area contributed by atoms with E-state index in [2.05, 4.69) is 320 Å². The molecule has 12 aromatic carbocycles. The first kappa shape index (κ1) is 67.4. The van der Waals surface area contributed by atoms with E-state index in [1.165, 1.54) is 55.6 Å². The zero-order chi connectivity index (χ0) is 70.1. The normalized spacial score (nSPS) is 12.3. The molecule has 0 fully saturated rings. The zero-order valence-corrected chi connectivity index (χ0v) is 63.1. The number of aromatic hydroxyl groups is 1. The van der Waals surface area contributed by atoms with E-state index in [4.69, 9.17) is 14.4 Å². The van der Waals surface area contributed by atoms with Crippen molar-refractivity contribution in [2.45, 2.75) is 121 Å². The summed E-state index contributed by atoms with van der Waals surface area (Å²) in [7, 11) is 0. The van der Waals surface area contributed by atoms with Crippen LogP contribution in [0.25, 0.3) is 150 Å². The Hall–Kier alpha value is -10.5. The minimum absolute atomic E-state index is 0. The van der Waals surface area contributed by atoms with Crippen molar-refractivity contribution in [2.24, 2.45) is 0 Å². The van der Waals surface area contributed by atoms with Crippen molar-refractivity contribution in [3.05, 3.63) is 297 Å². The third-order valence-corrected chi connectivity index (χ3v) is 21.2. The summed E-state index contributed by atoms with van der Waals surface area (Å²) in [4.78, 5) is 11.7. The van der Waals surface area contributed by atoms with Gasteiger partial charge in [0.15, 0.2) is 5.82 Å². The van der Waals surface area contributed by atoms with E-state index in [-0.39, 0.29) is 37.6 Å². The number of fused-ring (bicyclic) bond motifs is 7. The topological polar surface area (TPSA) is 64.1 Å². The number of aromatic nitrogens is 3. The van der Waals surface area contributed by atoms with Crippen LogP contribution in [-0.4, -0.2) is 19.6 Å². The van der Waals surface area contributed by atoms with Crippen LogP contribution in [0.15, 0.2) is 229 Å². The van der Waals surface area contributed by atoms with Gasteiger partial charge in [-0.1, -0.05) is 258 Å². The largest absolute Gasteiger partial charge is 0.507 e. The first-order chi connectivity index (χ1) is 48.5. The Morgan fingerprint density at radius 3 is 1.65 bits per heavy atom. The number of para-hydroxylation sites is 2. The number of pyridine rings is 1. The van der Waals surface area contributed by atoms with Crippen LogP contribution in [0.2, 0.25) is 0 Å². The molecule has 0 aliphatic heterocycles. The van der Waals surface area contributed by atoms with E-state index < -0.39 is 0 Å². The number of nitrogens with zero attached hydrogens (tertiary/aromatic N) is 3. The minimum Gasteiger partial charge on any atom is -0.507 e. The molecular formula is C96H84N3O2Pt-. The molecule has 102 heavy (non-hydrogen) atoms. The van der Waals surface area contributed by atoms with E-state index in [0.717, 1.165) is 163 Å². The molecule has 0 saturated heterocycles. The molecule has 0 spiro atoms. The number of phenols is 1. The molecule has 3 heterocycles. The van der Waals surface area contributed by atoms with Crippen molar-refractivity contribution < 1.29 is 30.6 Å². The number of phenolic OH excluding ortho intramolecular Hbond substituents is 1. The molecule has 0 radical (unpaired) electrons. The van der Waals surface area contributed by atoms with Gasteiger partial charge in [-0.05, 0) is 243 Å². The van der Waals surface area contributed by atoms with E-state index in [1.807, 2.05) is 6.07 Å². The summed E-state index contributed by atoms with van der Waals surface area (Å²) in [5, 5.41) is 13.8. The van der Waals surface area contributed by atoms with Crippen LogP contribution in [0.3, 0.4) is 0 Å². The molecule has 0 amide bonds. The molecule has 1 aliphatic rings. The smallest absolute Gasteiger partial charge is 0.163 e. The van der Waals surface area contributed by atoms with Crippen molar-refractivity contribution in [1.29, 1.82) is 0 Å². The maximum absolute atomic E-state index is 11.8. The SMILES string of the molecule is Cc1cc(C)c(-c2cccc(-c3c(C)cc(C)cc3C)c2-c2cc(-c3[c-]c(-c4c(-c5cccc(C(C)(C)C)c5)cccc4-c4cc(-c5ccccc5)cc(C(C)(C)C)c4)c4c(c3)oc3ccccc34)c3nc(-c4ccc5c(n4)-c4c(O)cccc4CC5)n(-c4c(C)cccc4C)c3c2)c(C)c1.[Pt]. The maximum Gasteiger partial charge on any atom is 0.163 e. The van der Waals surface area contributed by atoms with Crippen molar-refractivity contribution in [3.63, 3.8) is 0 Å². The monoisotopic (exact) mass is 1510 g/mol. The van der Waals surface area contributed by atoms with Crippen LogP contribution in [0.1, 0.15) is 108 Å². The molecule has 16 rings (SSSR count). The van der Waals surface area contributed by atoms with Gasteiger partial charge in [-0.3, -0.25) is 4.57 Å². The fourth-order valence-electron chi connectivity index (χ4n) is 16.5. The van der Waals surface area contributed by atoms with Gasteiger partial charge in [-0.15, -0.1) is 17.2 Å². The fourth-order valence-corrected chi connectivity index (χ4v) is 16.5. The molecule has 0 atom stereocenters. The van der Waals surface area contributed by atoms with Gasteiger partial charge in [0.05, 0.1) is 28.0 Å². The Bertz CT molecular complexity index is 5760. The first-order valence-electron chi connectivity index (χ1n) is 35.6. The number of hydrogen-bond acceptors (Lipinski definition) is 4. The van der Waals surface area contributed by atoms with Crippen molar-refractivity contribution in [3.8, 4) is 123 Å². The van der Waals surface area contributed by atoms with Crippen LogP contribution in [0.5, 0.6) is 5.75 Å². The molecule has 506 valence electrons. The summed E-state index contributed by atoms with van der Waals surface area (Å²) in [5.74, 6) is 0.919. The average molecular weight is 1510 g/mol. The standard InChI is InChI=1S/C96H84N3O2.Pt/c1-55-43-59(5)85(60(6)44-55)76-35-24-36-77(86-61(7)45-56(2)46-62(86)8)87(76)70-52-78(92-81(53-70)99(93-57(3)25-20-26-58(93)4)94(98-92)80-42-41-65-40-39-64-29-22-37-82(100)88(64)91(65)97-80)69-51-79(90-75-32-18-19-38-83(75)101-84(90)54-69)89-73(66-30-21-31-71(48-66)95(9,10)11)33-23-34-74(89)68-47-67(63-27-16-15-17-28-63)49-72(50-68)96(12,13)14;/h15-38,41-50,52-54,100H,39-40H2,1-14H3;/q-1;. The molecular weight excluding hydrogens is 1420 g/mol. The number of imidazole rings is 1. The van der Waals surface area contributed by atoms with Gasteiger partial charge in [0.2, 0.25) is 0 Å². The van der Waals surface area contributed by atoms with Gasteiger partial charge >= 0.3 is 0 Å². The number of benzene rings is 12. The van der Waals surface area contributed by atoms with E-state index in [9.17, 15) is 5.11 Å². The molecule has 1 N–H and O–H groups in total. The van der Waals surface area contributed by atoms with Gasteiger partial charge in [0.1, 0.15) is 17.0 Å². The summed E-state index contributed by atoms with van der Waals surface area (Å²) in [5.41, 5.74) is 37.7. The number of hydrogen-bond donors (Lipinski definition) is 1. The van der Waals surface area contributed by atoms with Crippen molar-refractivity contribution >= 4 is 33.0 Å². The Kier molecular flexibility index (Phi) is 17.1. The van der Waals surface area contributed by atoms with Crippen LogP contribution >= 0.6 is 0 Å². The molecule has 0 saturated carbocycles. The van der Waals surface area contributed by atoms with Gasteiger partial charge < -0.3 is 9.52 Å². The molecule has 1 aliphatic carbocycles. The number of rotatable bonds is 10. The third kappa shape index (κ3) is 11.7. The Morgan fingerprint density at radius 1 is 0.412 bits per heavy atom. The summed E-state index contributed by atoms with van der Waals surface area (Å²) in [6.07, 6.45) is 1.63. The molecule has 6 heteroatoms. The Labute approximate surface area is 615 Å². The summed E-state index contributed by atoms with van der Waals surface area (Å²) in [6.45, 7) is 31.7. The van der Waals surface area contributed by atoms with Crippen LogP contribution in [-0.2, 0) is 44.7 Å². The molecule has 0 bridgehead atoms. The van der Waals surface area contributed by atoms with Gasteiger partial charge in [0.25, 0.3) is 0 Å². The quantitative estimate of drug-likeness (QED) is 0.139.